The first-order chi connectivity index (χ1) is 8.20. The molecule has 1 aromatic rings. The Balaban J connectivity index is 2.26. The van der Waals surface area contributed by atoms with Gasteiger partial charge >= 0.3 is 0 Å². The minimum Gasteiger partial charge on any atom is -0.490 e. The Morgan fingerprint density at radius 1 is 1.53 bits per heavy atom. The van der Waals surface area contributed by atoms with Gasteiger partial charge in [0.05, 0.1) is 23.8 Å². The summed E-state index contributed by atoms with van der Waals surface area (Å²) in [5.41, 5.74) is 2.07. The number of hydrogen-bond acceptors (Lipinski definition) is 3. The van der Waals surface area contributed by atoms with E-state index >= 15 is 0 Å². The standard InChI is InChI=1S/C13H19N3O/c1-4-14-10(2)15-11-5-6-13-12(9-11)16(3)7-8-17-13/h5-6,9H,4,7-8H2,1-3H3,(H,14,15). The van der Waals surface area contributed by atoms with Crippen LogP contribution in [-0.4, -0.2) is 32.6 Å². The Hall–Kier alpha value is -1.71. The minimum absolute atomic E-state index is 0.753. The first-order valence-electron chi connectivity index (χ1n) is 5.98. The SMILES string of the molecule is CCN/C(C)=N\c1ccc2c(c1)N(C)CCO2. The largest absolute Gasteiger partial charge is 0.490 e. The Bertz CT molecular complexity index is 429. The van der Waals surface area contributed by atoms with Crippen molar-refractivity contribution in [2.75, 3.05) is 31.6 Å². The Morgan fingerprint density at radius 2 is 2.35 bits per heavy atom. The quantitative estimate of drug-likeness (QED) is 0.628. The maximum absolute atomic E-state index is 5.60. The highest BCUT2D eigenvalue weighted by atomic mass is 16.5. The fourth-order valence-electron chi connectivity index (χ4n) is 1.90. The second-order valence-corrected chi connectivity index (χ2v) is 4.15. The van der Waals surface area contributed by atoms with Gasteiger partial charge in [-0.25, -0.2) is 4.99 Å². The maximum atomic E-state index is 5.60. The van der Waals surface area contributed by atoms with Crippen molar-refractivity contribution in [2.24, 2.45) is 4.99 Å². The second kappa shape index (κ2) is 5.08. The zero-order valence-corrected chi connectivity index (χ0v) is 10.7. The normalized spacial score (nSPS) is 15.2. The third-order valence-corrected chi connectivity index (χ3v) is 2.77. The molecule has 4 nitrogen and oxygen atoms in total. The number of ether oxygens (including phenoxy) is 1. The van der Waals surface area contributed by atoms with Crippen molar-refractivity contribution in [3.8, 4) is 5.75 Å². The lowest BCUT2D eigenvalue weighted by Crippen LogP contribution is -2.28. The van der Waals surface area contributed by atoms with E-state index in [1.54, 1.807) is 0 Å². The molecule has 92 valence electrons. The molecule has 1 aliphatic heterocycles. The van der Waals surface area contributed by atoms with E-state index < -0.39 is 0 Å². The monoisotopic (exact) mass is 233 g/mol. The molecule has 0 spiro atoms. The molecule has 4 heteroatoms. The third-order valence-electron chi connectivity index (χ3n) is 2.77. The molecule has 1 N–H and O–H groups in total. The van der Waals surface area contributed by atoms with Crippen LogP contribution in [0.4, 0.5) is 11.4 Å². The summed E-state index contributed by atoms with van der Waals surface area (Å²) in [6, 6.07) is 6.04. The number of benzene rings is 1. The van der Waals surface area contributed by atoms with Crippen molar-refractivity contribution in [3.05, 3.63) is 18.2 Å². The summed E-state index contributed by atoms with van der Waals surface area (Å²) in [5, 5.41) is 3.19. The van der Waals surface area contributed by atoms with E-state index in [-0.39, 0.29) is 0 Å². The summed E-state index contributed by atoms with van der Waals surface area (Å²) < 4.78 is 5.60. The summed E-state index contributed by atoms with van der Waals surface area (Å²) in [6.45, 7) is 6.61. The van der Waals surface area contributed by atoms with Gasteiger partial charge in [-0.2, -0.15) is 0 Å². The fraction of sp³-hybridized carbons (Fsp3) is 0.462. The van der Waals surface area contributed by atoms with Gasteiger partial charge in [0.15, 0.2) is 0 Å². The average Bonchev–Trinajstić information content (AvgIpc) is 2.30. The zero-order chi connectivity index (χ0) is 12.3. The molecule has 0 fully saturated rings. The minimum atomic E-state index is 0.753. The van der Waals surface area contributed by atoms with Crippen LogP contribution in [0.1, 0.15) is 13.8 Å². The van der Waals surface area contributed by atoms with E-state index in [2.05, 4.69) is 35.2 Å². The molecule has 0 unspecified atom stereocenters. The molecule has 0 aromatic heterocycles. The lowest BCUT2D eigenvalue weighted by molar-refractivity contribution is 0.311. The molecular weight excluding hydrogens is 214 g/mol. The molecule has 1 heterocycles. The summed E-state index contributed by atoms with van der Waals surface area (Å²) >= 11 is 0. The van der Waals surface area contributed by atoms with Gasteiger partial charge in [0.1, 0.15) is 12.4 Å². The van der Waals surface area contributed by atoms with Crippen LogP contribution in [-0.2, 0) is 0 Å². The lowest BCUT2D eigenvalue weighted by Gasteiger charge is -2.27. The van der Waals surface area contributed by atoms with Gasteiger partial charge < -0.3 is 15.0 Å². The molecule has 0 saturated carbocycles. The molecule has 0 saturated heterocycles. The Kier molecular flexibility index (Phi) is 3.52. The predicted molar refractivity (Wildman–Crippen MR) is 71.7 cm³/mol. The summed E-state index contributed by atoms with van der Waals surface area (Å²) in [5.74, 6) is 1.88. The first-order valence-corrected chi connectivity index (χ1v) is 5.98. The number of fused-ring (bicyclic) bond motifs is 1. The van der Waals surface area contributed by atoms with Crippen LogP contribution in [0.15, 0.2) is 23.2 Å². The highest BCUT2D eigenvalue weighted by Crippen LogP contribution is 2.34. The van der Waals surface area contributed by atoms with Gasteiger partial charge in [0.25, 0.3) is 0 Å². The van der Waals surface area contributed by atoms with Crippen LogP contribution in [0.3, 0.4) is 0 Å². The van der Waals surface area contributed by atoms with Crippen molar-refractivity contribution in [3.63, 3.8) is 0 Å². The third kappa shape index (κ3) is 2.70. The molecule has 17 heavy (non-hydrogen) atoms. The van der Waals surface area contributed by atoms with Crippen LogP contribution >= 0.6 is 0 Å². The molecule has 1 aliphatic rings. The van der Waals surface area contributed by atoms with Crippen molar-refractivity contribution < 1.29 is 4.74 Å². The molecule has 0 atom stereocenters. The van der Waals surface area contributed by atoms with Crippen LogP contribution in [0.25, 0.3) is 0 Å². The van der Waals surface area contributed by atoms with E-state index in [9.17, 15) is 0 Å². The number of anilines is 1. The van der Waals surface area contributed by atoms with Gasteiger partial charge in [0.2, 0.25) is 0 Å². The van der Waals surface area contributed by atoms with E-state index in [1.165, 1.54) is 0 Å². The number of nitrogens with zero attached hydrogens (tertiary/aromatic N) is 2. The molecule has 0 aliphatic carbocycles. The maximum Gasteiger partial charge on any atom is 0.142 e. The van der Waals surface area contributed by atoms with Crippen molar-refractivity contribution >= 4 is 17.2 Å². The summed E-state index contributed by atoms with van der Waals surface area (Å²) in [7, 11) is 2.08. The second-order valence-electron chi connectivity index (χ2n) is 4.15. The number of hydrogen-bond donors (Lipinski definition) is 1. The number of nitrogens with one attached hydrogen (secondary N) is 1. The van der Waals surface area contributed by atoms with Crippen LogP contribution in [0, 0.1) is 0 Å². The summed E-state index contributed by atoms with van der Waals surface area (Å²) in [4.78, 5) is 6.71. The van der Waals surface area contributed by atoms with Crippen LogP contribution < -0.4 is 15.0 Å². The van der Waals surface area contributed by atoms with E-state index in [4.69, 9.17) is 4.74 Å². The van der Waals surface area contributed by atoms with Crippen molar-refractivity contribution in [1.82, 2.24) is 5.32 Å². The highest BCUT2D eigenvalue weighted by molar-refractivity contribution is 5.83. The molecular formula is C13H19N3O. The number of amidine groups is 1. The van der Waals surface area contributed by atoms with Crippen molar-refractivity contribution in [1.29, 1.82) is 0 Å². The van der Waals surface area contributed by atoms with Gasteiger partial charge in [-0.05, 0) is 32.0 Å². The Labute approximate surface area is 102 Å². The predicted octanol–water partition coefficient (Wildman–Crippen LogP) is 2.17. The van der Waals surface area contributed by atoms with Crippen LogP contribution in [0.5, 0.6) is 5.75 Å². The molecule has 0 radical (unpaired) electrons. The summed E-state index contributed by atoms with van der Waals surface area (Å²) in [6.07, 6.45) is 0. The molecule has 2 rings (SSSR count). The first kappa shape index (κ1) is 11.8. The van der Waals surface area contributed by atoms with Crippen LogP contribution in [0.2, 0.25) is 0 Å². The van der Waals surface area contributed by atoms with Crippen molar-refractivity contribution in [2.45, 2.75) is 13.8 Å². The number of rotatable bonds is 2. The average molecular weight is 233 g/mol. The van der Waals surface area contributed by atoms with E-state index in [0.29, 0.717) is 0 Å². The Morgan fingerprint density at radius 3 is 3.12 bits per heavy atom. The molecule has 0 amide bonds. The van der Waals surface area contributed by atoms with Gasteiger partial charge in [-0.15, -0.1) is 0 Å². The van der Waals surface area contributed by atoms with Gasteiger partial charge in [-0.3, -0.25) is 0 Å². The van der Waals surface area contributed by atoms with E-state index in [1.807, 2.05) is 19.1 Å². The molecule has 0 bridgehead atoms. The zero-order valence-electron chi connectivity index (χ0n) is 10.7. The van der Waals surface area contributed by atoms with Gasteiger partial charge in [0, 0.05) is 13.6 Å². The fourth-order valence-corrected chi connectivity index (χ4v) is 1.90. The molecule has 1 aromatic carbocycles. The number of aliphatic imine (C=N–C) groups is 1. The topological polar surface area (TPSA) is 36.9 Å². The number of likely N-dealkylation sites (N-methyl/N-ethyl adjacent to an activating group) is 1. The van der Waals surface area contributed by atoms with E-state index in [0.717, 1.165) is 42.7 Å². The van der Waals surface area contributed by atoms with Gasteiger partial charge in [-0.1, -0.05) is 0 Å². The highest BCUT2D eigenvalue weighted by Gasteiger charge is 2.14. The lowest BCUT2D eigenvalue weighted by atomic mass is 10.2. The smallest absolute Gasteiger partial charge is 0.142 e.